The highest BCUT2D eigenvalue weighted by Crippen LogP contribution is 2.20. The summed E-state index contributed by atoms with van der Waals surface area (Å²) >= 11 is 0. The molecule has 1 heterocycles. The molecule has 114 valence electrons. The Morgan fingerprint density at radius 3 is 2.57 bits per heavy atom. The van der Waals surface area contributed by atoms with E-state index in [-0.39, 0.29) is 17.6 Å². The van der Waals surface area contributed by atoms with Gasteiger partial charge in [0, 0.05) is 18.7 Å². The van der Waals surface area contributed by atoms with Crippen molar-refractivity contribution in [1.29, 1.82) is 0 Å². The highest BCUT2D eigenvalue weighted by atomic mass is 16.5. The first kappa shape index (κ1) is 15.3. The van der Waals surface area contributed by atoms with Crippen LogP contribution in [0, 0.1) is 0 Å². The molecule has 2 N–H and O–H groups in total. The Morgan fingerprint density at radius 2 is 1.90 bits per heavy atom. The summed E-state index contributed by atoms with van der Waals surface area (Å²) < 4.78 is 5.05. The molecule has 0 saturated carbocycles. The number of likely N-dealkylation sites (tertiary alicyclic amines) is 1. The zero-order valence-corrected chi connectivity index (χ0v) is 11.9. The van der Waals surface area contributed by atoms with Crippen LogP contribution in [0.15, 0.2) is 18.2 Å². The Bertz CT molecular complexity index is 543. The third-order valence-corrected chi connectivity index (χ3v) is 3.62. The number of methoxy groups -OCH3 is 1. The Morgan fingerprint density at radius 1 is 1.19 bits per heavy atom. The number of rotatable bonds is 3. The van der Waals surface area contributed by atoms with Gasteiger partial charge in [0.25, 0.3) is 5.91 Å². The lowest BCUT2D eigenvalue weighted by molar-refractivity contribution is 0.0696. The van der Waals surface area contributed by atoms with Crippen LogP contribution in [0.3, 0.4) is 0 Å². The fraction of sp³-hybridized carbons (Fsp3) is 0.467. The predicted molar refractivity (Wildman–Crippen MR) is 75.7 cm³/mol. The van der Waals surface area contributed by atoms with Crippen molar-refractivity contribution in [3.8, 4) is 5.75 Å². The molecule has 1 amide bonds. The lowest BCUT2D eigenvalue weighted by atomic mass is 10.1. The van der Waals surface area contributed by atoms with Crippen LogP contribution in [0.2, 0.25) is 0 Å². The van der Waals surface area contributed by atoms with Gasteiger partial charge in [-0.15, -0.1) is 0 Å². The molecule has 2 rings (SSSR count). The van der Waals surface area contributed by atoms with E-state index in [0.717, 1.165) is 6.42 Å². The van der Waals surface area contributed by atoms with Gasteiger partial charge in [-0.1, -0.05) is 0 Å². The maximum absolute atomic E-state index is 12.5. The second-order valence-electron chi connectivity index (χ2n) is 5.13. The number of carboxylic acid groups (broad SMARTS) is 1. The number of nitrogens with zero attached hydrogens (tertiary/aromatic N) is 1. The minimum absolute atomic E-state index is 0.0209. The van der Waals surface area contributed by atoms with Gasteiger partial charge in [0.15, 0.2) is 0 Å². The zero-order chi connectivity index (χ0) is 15.4. The van der Waals surface area contributed by atoms with Crippen LogP contribution in [-0.4, -0.2) is 53.3 Å². The molecule has 0 bridgehead atoms. The summed E-state index contributed by atoms with van der Waals surface area (Å²) in [6, 6.07) is 4.27. The molecule has 21 heavy (non-hydrogen) atoms. The summed E-state index contributed by atoms with van der Waals surface area (Å²) in [6.45, 7) is 1.04. The Hall–Kier alpha value is -2.08. The first-order valence-electron chi connectivity index (χ1n) is 6.91. The topological polar surface area (TPSA) is 87.1 Å². The molecule has 6 nitrogen and oxygen atoms in total. The molecule has 0 spiro atoms. The van der Waals surface area contributed by atoms with E-state index in [1.54, 1.807) is 4.90 Å². The number of aromatic carboxylic acids is 1. The summed E-state index contributed by atoms with van der Waals surface area (Å²) in [5.74, 6) is -0.993. The van der Waals surface area contributed by atoms with Crippen LogP contribution in [0.5, 0.6) is 5.75 Å². The van der Waals surface area contributed by atoms with Gasteiger partial charge in [0.2, 0.25) is 0 Å². The van der Waals surface area contributed by atoms with E-state index >= 15 is 0 Å². The Kier molecular flexibility index (Phi) is 4.80. The van der Waals surface area contributed by atoms with Crippen LogP contribution >= 0.6 is 0 Å². The van der Waals surface area contributed by atoms with Gasteiger partial charge in [0.1, 0.15) is 5.75 Å². The van der Waals surface area contributed by atoms with E-state index in [4.69, 9.17) is 9.84 Å². The molecular weight excluding hydrogens is 274 g/mol. The van der Waals surface area contributed by atoms with E-state index in [1.807, 2.05) is 0 Å². The Labute approximate surface area is 122 Å². The molecule has 0 aromatic heterocycles. The number of aliphatic hydroxyl groups is 1. The van der Waals surface area contributed by atoms with E-state index in [1.165, 1.54) is 25.3 Å². The van der Waals surface area contributed by atoms with Crippen molar-refractivity contribution in [3.05, 3.63) is 29.3 Å². The molecule has 6 heteroatoms. The second kappa shape index (κ2) is 6.58. The highest BCUT2D eigenvalue weighted by molar-refractivity contribution is 5.98. The van der Waals surface area contributed by atoms with Gasteiger partial charge in [0.05, 0.1) is 18.8 Å². The maximum Gasteiger partial charge on any atom is 0.335 e. The van der Waals surface area contributed by atoms with Gasteiger partial charge in [-0.2, -0.15) is 0 Å². The van der Waals surface area contributed by atoms with Crippen molar-refractivity contribution >= 4 is 11.9 Å². The summed E-state index contributed by atoms with van der Waals surface area (Å²) in [5.41, 5.74) is 0.315. The molecule has 0 aliphatic carbocycles. The van der Waals surface area contributed by atoms with Crippen LogP contribution in [0.4, 0.5) is 0 Å². The van der Waals surface area contributed by atoms with Gasteiger partial charge < -0.3 is 19.8 Å². The average Bonchev–Trinajstić information content (AvgIpc) is 2.70. The number of carboxylic acids is 1. The number of hydrogen-bond donors (Lipinski definition) is 2. The SMILES string of the molecule is COc1cc(C(=O)O)cc(C(=O)N2CCC[C@H](O)CC2)c1. The molecule has 1 aromatic carbocycles. The van der Waals surface area contributed by atoms with Gasteiger partial charge in [-0.25, -0.2) is 4.79 Å². The smallest absolute Gasteiger partial charge is 0.335 e. The maximum atomic E-state index is 12.5. The van der Waals surface area contributed by atoms with Gasteiger partial charge in [-0.05, 0) is 37.5 Å². The van der Waals surface area contributed by atoms with Crippen molar-refractivity contribution < 1.29 is 24.5 Å². The zero-order valence-electron chi connectivity index (χ0n) is 11.9. The van der Waals surface area contributed by atoms with Crippen molar-refractivity contribution in [3.63, 3.8) is 0 Å². The van der Waals surface area contributed by atoms with E-state index in [9.17, 15) is 14.7 Å². The summed E-state index contributed by atoms with van der Waals surface area (Å²) in [6.07, 6.45) is 1.59. The number of carbonyl (C=O) groups excluding carboxylic acids is 1. The van der Waals surface area contributed by atoms with E-state index in [0.29, 0.717) is 37.2 Å². The largest absolute Gasteiger partial charge is 0.497 e. The minimum atomic E-state index is -1.10. The lowest BCUT2D eigenvalue weighted by Gasteiger charge is -2.21. The number of ether oxygens (including phenoxy) is 1. The molecule has 1 atom stereocenters. The van der Waals surface area contributed by atoms with Crippen LogP contribution in [-0.2, 0) is 0 Å². The van der Waals surface area contributed by atoms with Gasteiger partial charge >= 0.3 is 5.97 Å². The number of amides is 1. The molecule has 0 unspecified atom stereocenters. The summed E-state index contributed by atoms with van der Waals surface area (Å²) in [4.78, 5) is 25.3. The quantitative estimate of drug-likeness (QED) is 0.879. The van der Waals surface area contributed by atoms with Crippen molar-refractivity contribution in [2.24, 2.45) is 0 Å². The lowest BCUT2D eigenvalue weighted by Crippen LogP contribution is -2.32. The number of aliphatic hydroxyl groups excluding tert-OH is 1. The normalized spacial score (nSPS) is 19.0. The third kappa shape index (κ3) is 3.72. The molecule has 1 aliphatic heterocycles. The van der Waals surface area contributed by atoms with E-state index in [2.05, 4.69) is 0 Å². The fourth-order valence-electron chi connectivity index (χ4n) is 2.43. The van der Waals surface area contributed by atoms with Crippen LogP contribution in [0.1, 0.15) is 40.0 Å². The number of carbonyl (C=O) groups is 2. The van der Waals surface area contributed by atoms with Crippen molar-refractivity contribution in [2.75, 3.05) is 20.2 Å². The third-order valence-electron chi connectivity index (χ3n) is 3.62. The van der Waals surface area contributed by atoms with Gasteiger partial charge in [-0.3, -0.25) is 4.79 Å². The standard InChI is InChI=1S/C15H19NO5/c1-21-13-8-10(7-11(9-13)15(19)20)14(18)16-5-2-3-12(17)4-6-16/h7-9,12,17H,2-6H2,1H3,(H,19,20)/t12-/m0/s1. The molecule has 0 radical (unpaired) electrons. The minimum Gasteiger partial charge on any atom is -0.497 e. The van der Waals surface area contributed by atoms with Crippen molar-refractivity contribution in [2.45, 2.75) is 25.4 Å². The molecule has 1 aliphatic rings. The second-order valence-corrected chi connectivity index (χ2v) is 5.13. The molecule has 1 fully saturated rings. The van der Waals surface area contributed by atoms with E-state index < -0.39 is 5.97 Å². The summed E-state index contributed by atoms with van der Waals surface area (Å²) in [5, 5.41) is 18.7. The molecule has 1 aromatic rings. The fourth-order valence-corrected chi connectivity index (χ4v) is 2.43. The highest BCUT2D eigenvalue weighted by Gasteiger charge is 2.22. The van der Waals surface area contributed by atoms with Crippen LogP contribution in [0.25, 0.3) is 0 Å². The van der Waals surface area contributed by atoms with Crippen molar-refractivity contribution in [1.82, 2.24) is 4.90 Å². The summed E-state index contributed by atoms with van der Waals surface area (Å²) in [7, 11) is 1.43. The average molecular weight is 293 g/mol. The monoisotopic (exact) mass is 293 g/mol. The van der Waals surface area contributed by atoms with Crippen LogP contribution < -0.4 is 4.74 Å². The first-order chi connectivity index (χ1) is 10.0. The predicted octanol–water partition coefficient (Wildman–Crippen LogP) is 1.38. The Balaban J connectivity index is 2.25. The molecular formula is C15H19NO5. The number of hydrogen-bond acceptors (Lipinski definition) is 4. The number of benzene rings is 1. The molecule has 1 saturated heterocycles. The first-order valence-corrected chi connectivity index (χ1v) is 6.91.